The van der Waals surface area contributed by atoms with Gasteiger partial charge in [-0.05, 0) is 24.6 Å². The van der Waals surface area contributed by atoms with E-state index in [1.807, 2.05) is 0 Å². The number of hydrogen-bond donors (Lipinski definition) is 2. The van der Waals surface area contributed by atoms with Crippen molar-refractivity contribution in [1.29, 1.82) is 0 Å². The lowest BCUT2D eigenvalue weighted by molar-refractivity contribution is -0.138. The molecule has 0 saturated carbocycles. The van der Waals surface area contributed by atoms with E-state index in [2.05, 4.69) is 25.5 Å². The number of urea groups is 1. The predicted octanol–water partition coefficient (Wildman–Crippen LogP) is 3.32. The van der Waals surface area contributed by atoms with E-state index < -0.39 is 23.1 Å². The van der Waals surface area contributed by atoms with Gasteiger partial charge in [-0.1, -0.05) is 23.5 Å². The molecule has 2 aromatic heterocycles. The minimum atomic E-state index is -4.64. The van der Waals surface area contributed by atoms with Crippen LogP contribution in [0.25, 0.3) is 0 Å². The molecule has 0 fully saturated rings. The summed E-state index contributed by atoms with van der Waals surface area (Å²) in [4.78, 5) is 33.4. The lowest BCUT2D eigenvalue weighted by Gasteiger charge is -2.17. The van der Waals surface area contributed by atoms with Gasteiger partial charge in [0.15, 0.2) is 0 Å². The zero-order valence-corrected chi connectivity index (χ0v) is 17.0. The van der Waals surface area contributed by atoms with Crippen molar-refractivity contribution in [1.82, 2.24) is 20.2 Å². The Balaban J connectivity index is 1.80. The number of amides is 2. The first-order valence-corrected chi connectivity index (χ1v) is 9.51. The molecule has 1 aromatic carbocycles. The maximum absolute atomic E-state index is 12.7. The van der Waals surface area contributed by atoms with Gasteiger partial charge < -0.3 is 11.1 Å². The smallest absolute Gasteiger partial charge is 0.368 e. The van der Waals surface area contributed by atoms with E-state index in [0.717, 1.165) is 4.90 Å². The van der Waals surface area contributed by atoms with E-state index in [0.29, 0.717) is 16.8 Å². The molecule has 0 radical (unpaired) electrons. The molecular weight excluding hydrogens is 435 g/mol. The highest BCUT2D eigenvalue weighted by atomic mass is 32.1. The first kappa shape index (κ1) is 22.1. The van der Waals surface area contributed by atoms with Crippen molar-refractivity contribution < 1.29 is 22.8 Å². The van der Waals surface area contributed by atoms with Gasteiger partial charge in [-0.2, -0.15) is 13.2 Å². The number of benzene rings is 1. The van der Waals surface area contributed by atoms with E-state index in [1.54, 1.807) is 24.3 Å². The van der Waals surface area contributed by atoms with Gasteiger partial charge in [0, 0.05) is 30.7 Å². The molecule has 0 saturated heterocycles. The van der Waals surface area contributed by atoms with Gasteiger partial charge in [0.1, 0.15) is 5.78 Å². The Morgan fingerprint density at radius 1 is 1.16 bits per heavy atom. The molecule has 3 rings (SSSR count). The quantitative estimate of drug-likeness (QED) is 0.609. The number of nitrogens with two attached hydrogens (primary N) is 1. The van der Waals surface area contributed by atoms with Crippen molar-refractivity contribution in [3.8, 4) is 0 Å². The largest absolute Gasteiger partial charge is 0.445 e. The van der Waals surface area contributed by atoms with E-state index in [1.165, 1.54) is 26.4 Å². The molecule has 3 N–H and O–H groups in total. The summed E-state index contributed by atoms with van der Waals surface area (Å²) in [5.41, 5.74) is 6.91. The summed E-state index contributed by atoms with van der Waals surface area (Å²) in [6, 6.07) is 5.76. The van der Waals surface area contributed by atoms with Crippen LogP contribution in [0.1, 0.15) is 29.0 Å². The second-order valence-electron chi connectivity index (χ2n) is 6.42. The fourth-order valence-corrected chi connectivity index (χ4v) is 3.39. The Morgan fingerprint density at radius 2 is 1.84 bits per heavy atom. The van der Waals surface area contributed by atoms with E-state index in [-0.39, 0.29) is 28.2 Å². The van der Waals surface area contributed by atoms with Crippen molar-refractivity contribution >= 4 is 39.9 Å². The SMILES string of the molecule is CC(=O)C(c1cnc(N)nc1)c1cccc(NC(=O)N(C)c2nnc(C(F)(F)F)s2)c1. The fourth-order valence-electron chi connectivity index (χ4n) is 2.71. The number of nitrogen functional groups attached to an aromatic ring is 1. The van der Waals surface area contributed by atoms with E-state index in [4.69, 9.17) is 5.73 Å². The number of carbonyl (C=O) groups is 2. The van der Waals surface area contributed by atoms with Gasteiger partial charge in [0.05, 0.1) is 5.92 Å². The molecule has 0 aliphatic heterocycles. The molecule has 13 heteroatoms. The molecule has 1 unspecified atom stereocenters. The van der Waals surface area contributed by atoms with Crippen LogP contribution in [0.15, 0.2) is 36.7 Å². The minimum Gasteiger partial charge on any atom is -0.368 e. The van der Waals surface area contributed by atoms with Crippen LogP contribution in [0.4, 0.5) is 34.7 Å². The summed E-state index contributed by atoms with van der Waals surface area (Å²) in [5, 5.41) is 7.65. The summed E-state index contributed by atoms with van der Waals surface area (Å²) >= 11 is 0.246. The third-order valence-electron chi connectivity index (χ3n) is 4.15. The number of nitrogens with zero attached hydrogens (tertiary/aromatic N) is 5. The number of nitrogens with one attached hydrogen (secondary N) is 1. The second kappa shape index (κ2) is 8.63. The lowest BCUT2D eigenvalue weighted by Crippen LogP contribution is -2.31. The number of carbonyl (C=O) groups excluding carboxylic acids is 2. The summed E-state index contributed by atoms with van der Waals surface area (Å²) in [5.74, 6) is -0.796. The Bertz CT molecular complexity index is 1100. The van der Waals surface area contributed by atoms with Crippen LogP contribution in [0.2, 0.25) is 0 Å². The molecule has 9 nitrogen and oxygen atoms in total. The van der Waals surface area contributed by atoms with Crippen molar-refractivity contribution in [2.24, 2.45) is 0 Å². The monoisotopic (exact) mass is 451 g/mol. The average molecular weight is 451 g/mol. The summed E-state index contributed by atoms with van der Waals surface area (Å²) in [6.45, 7) is 1.41. The molecule has 3 aromatic rings. The van der Waals surface area contributed by atoms with Crippen molar-refractivity contribution in [2.45, 2.75) is 19.0 Å². The Labute approximate surface area is 178 Å². The van der Waals surface area contributed by atoms with Gasteiger partial charge in [-0.15, -0.1) is 10.2 Å². The summed E-state index contributed by atoms with van der Waals surface area (Å²) in [6.07, 6.45) is -1.75. The third-order valence-corrected chi connectivity index (χ3v) is 5.20. The van der Waals surface area contributed by atoms with E-state index in [9.17, 15) is 22.8 Å². The normalized spacial score (nSPS) is 12.3. The molecule has 0 spiro atoms. The zero-order chi connectivity index (χ0) is 22.8. The third kappa shape index (κ3) is 5.12. The highest BCUT2D eigenvalue weighted by molar-refractivity contribution is 7.15. The highest BCUT2D eigenvalue weighted by Gasteiger charge is 2.36. The van der Waals surface area contributed by atoms with Crippen LogP contribution in [0.5, 0.6) is 0 Å². The molecular formula is C18H16F3N7O2S. The molecule has 2 heterocycles. The number of ketones is 1. The van der Waals surface area contributed by atoms with Crippen LogP contribution in [-0.4, -0.2) is 39.0 Å². The van der Waals surface area contributed by atoms with Crippen LogP contribution < -0.4 is 16.0 Å². The van der Waals surface area contributed by atoms with Gasteiger partial charge >= 0.3 is 12.2 Å². The Kier molecular flexibility index (Phi) is 6.15. The molecule has 0 aliphatic rings. The Hall–Kier alpha value is -3.61. The maximum Gasteiger partial charge on any atom is 0.445 e. The first-order chi connectivity index (χ1) is 14.6. The summed E-state index contributed by atoms with van der Waals surface area (Å²) < 4.78 is 38.1. The van der Waals surface area contributed by atoms with Crippen LogP contribution in [0.3, 0.4) is 0 Å². The van der Waals surface area contributed by atoms with Gasteiger partial charge in [-0.25, -0.2) is 14.8 Å². The standard InChI is InChI=1S/C18H16F3N7O2S/c1-9(29)13(11-7-23-15(22)24-8-11)10-4-3-5-12(6-10)25-16(30)28(2)17-27-26-14(31-17)18(19,20)21/h3-8,13H,1-2H3,(H,25,30)(H2,22,23,24). The van der Waals surface area contributed by atoms with Crippen LogP contribution >= 0.6 is 11.3 Å². The topological polar surface area (TPSA) is 127 Å². The van der Waals surface area contributed by atoms with Gasteiger partial charge in [0.2, 0.25) is 16.1 Å². The van der Waals surface area contributed by atoms with Gasteiger partial charge in [0.25, 0.3) is 0 Å². The second-order valence-corrected chi connectivity index (χ2v) is 7.38. The lowest BCUT2D eigenvalue weighted by atomic mass is 9.90. The molecule has 0 bridgehead atoms. The fraction of sp³-hybridized carbons (Fsp3) is 0.222. The predicted molar refractivity (Wildman–Crippen MR) is 108 cm³/mol. The highest BCUT2D eigenvalue weighted by Crippen LogP contribution is 2.34. The summed E-state index contributed by atoms with van der Waals surface area (Å²) in [7, 11) is 1.27. The number of alkyl halides is 3. The zero-order valence-electron chi connectivity index (χ0n) is 16.2. The number of hydrogen-bond acceptors (Lipinski definition) is 8. The van der Waals surface area contributed by atoms with Crippen LogP contribution in [-0.2, 0) is 11.0 Å². The molecule has 0 aliphatic carbocycles. The number of Topliss-reactive ketones (excluding diaryl/α,β-unsaturated/α-hetero) is 1. The van der Waals surface area contributed by atoms with Crippen LogP contribution in [0, 0.1) is 0 Å². The first-order valence-electron chi connectivity index (χ1n) is 8.69. The minimum absolute atomic E-state index is 0.0699. The van der Waals surface area contributed by atoms with Crippen molar-refractivity contribution in [2.75, 3.05) is 23.0 Å². The maximum atomic E-state index is 12.7. The molecule has 31 heavy (non-hydrogen) atoms. The molecule has 162 valence electrons. The molecule has 1 atom stereocenters. The van der Waals surface area contributed by atoms with E-state index >= 15 is 0 Å². The van der Waals surface area contributed by atoms with Gasteiger partial charge in [-0.3, -0.25) is 9.69 Å². The number of anilines is 3. The number of aromatic nitrogens is 4. The number of rotatable bonds is 5. The number of halogens is 3. The average Bonchev–Trinajstić information content (AvgIpc) is 3.20. The van der Waals surface area contributed by atoms with Crippen molar-refractivity contribution in [3.63, 3.8) is 0 Å². The Morgan fingerprint density at radius 3 is 2.42 bits per heavy atom. The molecule has 2 amide bonds. The van der Waals surface area contributed by atoms with Crippen molar-refractivity contribution in [3.05, 3.63) is 52.8 Å².